The fourth-order valence-corrected chi connectivity index (χ4v) is 5.15. The van der Waals surface area contributed by atoms with Crippen LogP contribution in [0.3, 0.4) is 0 Å². The minimum atomic E-state index is -0.652. The van der Waals surface area contributed by atoms with E-state index in [1.165, 1.54) is 5.57 Å². The van der Waals surface area contributed by atoms with Crippen LogP contribution in [-0.2, 0) is 4.79 Å². The van der Waals surface area contributed by atoms with Crippen molar-refractivity contribution in [3.05, 3.63) is 11.6 Å². The number of fused-ring (bicyclic) bond motifs is 1. The third kappa shape index (κ3) is 1.22. The Kier molecular flexibility index (Phi) is 2.04. The van der Waals surface area contributed by atoms with Crippen molar-refractivity contribution < 1.29 is 9.90 Å². The highest BCUT2D eigenvalue weighted by Gasteiger charge is 2.69. The molecule has 2 saturated carbocycles. The molecule has 0 spiro atoms. The van der Waals surface area contributed by atoms with Crippen molar-refractivity contribution in [1.29, 1.82) is 0 Å². The molecular weight excluding hydrogens is 212 g/mol. The molecule has 4 aliphatic rings. The molecule has 1 N–H and O–H groups in total. The van der Waals surface area contributed by atoms with Crippen LogP contribution >= 0.6 is 0 Å². The van der Waals surface area contributed by atoms with Gasteiger partial charge in [-0.2, -0.15) is 0 Å². The molecule has 0 saturated heterocycles. The van der Waals surface area contributed by atoms with Gasteiger partial charge in [0.2, 0.25) is 0 Å². The molecule has 0 heterocycles. The first-order chi connectivity index (χ1) is 7.77. The van der Waals surface area contributed by atoms with E-state index in [0.29, 0.717) is 17.6 Å². The first kappa shape index (κ1) is 11.5. The van der Waals surface area contributed by atoms with E-state index in [2.05, 4.69) is 13.8 Å². The standard InChI is InChI=1S/C15H22O2/c1-8-7-10(16)13-11-9(14(2,3)17)5-6-15(13,4)12(8)11/h7,9,11-13,17H,5-6H2,1-4H3/t9?,11?,12-,13+,15+/m0/s1. The molecule has 2 unspecified atom stereocenters. The van der Waals surface area contributed by atoms with E-state index >= 15 is 0 Å². The highest BCUT2D eigenvalue weighted by molar-refractivity contribution is 5.96. The van der Waals surface area contributed by atoms with E-state index in [9.17, 15) is 9.90 Å². The minimum Gasteiger partial charge on any atom is -0.390 e. The van der Waals surface area contributed by atoms with Gasteiger partial charge in [0.15, 0.2) is 5.78 Å². The number of ketones is 1. The van der Waals surface area contributed by atoms with Crippen LogP contribution in [0.15, 0.2) is 11.6 Å². The van der Waals surface area contributed by atoms with Gasteiger partial charge in [0.25, 0.3) is 0 Å². The summed E-state index contributed by atoms with van der Waals surface area (Å²) in [5, 5.41) is 10.3. The van der Waals surface area contributed by atoms with Crippen molar-refractivity contribution in [3.63, 3.8) is 0 Å². The molecule has 2 nitrogen and oxygen atoms in total. The third-order valence-electron chi connectivity index (χ3n) is 5.72. The predicted molar refractivity (Wildman–Crippen MR) is 66.4 cm³/mol. The Bertz CT molecular complexity index is 415. The maximum Gasteiger partial charge on any atom is 0.159 e. The fourth-order valence-electron chi connectivity index (χ4n) is 5.15. The van der Waals surface area contributed by atoms with Gasteiger partial charge in [-0.05, 0) is 62.9 Å². The first-order valence-corrected chi connectivity index (χ1v) is 6.71. The van der Waals surface area contributed by atoms with Gasteiger partial charge in [-0.25, -0.2) is 0 Å². The number of hydrogen-bond acceptors (Lipinski definition) is 2. The number of rotatable bonds is 1. The monoisotopic (exact) mass is 234 g/mol. The molecule has 2 heteroatoms. The van der Waals surface area contributed by atoms with Crippen LogP contribution in [0, 0.1) is 29.1 Å². The second-order valence-electron chi connectivity index (χ2n) is 7.13. The van der Waals surface area contributed by atoms with Crippen molar-refractivity contribution in [2.24, 2.45) is 29.1 Å². The summed E-state index contributed by atoms with van der Waals surface area (Å²) in [6.07, 6.45) is 4.00. The maximum atomic E-state index is 12.2. The second kappa shape index (κ2) is 3.03. The van der Waals surface area contributed by atoms with Crippen LogP contribution in [0.1, 0.15) is 40.5 Å². The molecule has 0 aromatic rings. The number of allylic oxidation sites excluding steroid dienone is 2. The SMILES string of the molecule is CC1=CC(=O)[C@@H]2C3C(C(C)(C)O)CC[C@]2(C)[C@@H]13. The number of carbonyl (C=O) groups excluding carboxylic acids is 1. The normalized spacial score (nSPS) is 48.5. The summed E-state index contributed by atoms with van der Waals surface area (Å²) in [6, 6.07) is 0. The summed E-state index contributed by atoms with van der Waals surface area (Å²) >= 11 is 0. The van der Waals surface area contributed by atoms with Gasteiger partial charge >= 0.3 is 0 Å². The molecule has 0 aliphatic heterocycles. The molecule has 4 rings (SSSR count). The largest absolute Gasteiger partial charge is 0.390 e. The molecule has 94 valence electrons. The van der Waals surface area contributed by atoms with Crippen molar-refractivity contribution >= 4 is 5.78 Å². The lowest BCUT2D eigenvalue weighted by atomic mass is 9.34. The van der Waals surface area contributed by atoms with Crippen LogP contribution in [0.4, 0.5) is 0 Å². The smallest absolute Gasteiger partial charge is 0.159 e. The molecular formula is C15H22O2. The Balaban J connectivity index is 2.03. The lowest BCUT2D eigenvalue weighted by Gasteiger charge is -2.69. The summed E-state index contributed by atoms with van der Waals surface area (Å²) in [5.74, 6) is 1.71. The van der Waals surface area contributed by atoms with Gasteiger partial charge in [0.1, 0.15) is 0 Å². The average molecular weight is 234 g/mol. The Labute approximate surface area is 103 Å². The number of carbonyl (C=O) groups is 1. The van der Waals surface area contributed by atoms with E-state index < -0.39 is 5.60 Å². The summed E-state index contributed by atoms with van der Waals surface area (Å²) in [7, 11) is 0. The molecule has 0 aromatic carbocycles. The molecule has 0 aromatic heterocycles. The van der Waals surface area contributed by atoms with E-state index in [1.54, 1.807) is 0 Å². The molecule has 4 bridgehead atoms. The fraction of sp³-hybridized carbons (Fsp3) is 0.800. The average Bonchev–Trinajstić information content (AvgIpc) is 2.13. The molecule has 17 heavy (non-hydrogen) atoms. The van der Waals surface area contributed by atoms with Crippen molar-refractivity contribution in [2.75, 3.05) is 0 Å². The predicted octanol–water partition coefficient (Wildman–Crippen LogP) is 2.56. The molecule has 2 fully saturated rings. The quantitative estimate of drug-likeness (QED) is 0.757. The Morgan fingerprint density at radius 2 is 2.06 bits per heavy atom. The van der Waals surface area contributed by atoms with Gasteiger partial charge in [-0.1, -0.05) is 12.5 Å². The lowest BCUT2D eigenvalue weighted by Crippen LogP contribution is -2.68. The Hall–Kier alpha value is -0.630. The van der Waals surface area contributed by atoms with Crippen LogP contribution in [-0.4, -0.2) is 16.5 Å². The first-order valence-electron chi connectivity index (χ1n) is 6.71. The van der Waals surface area contributed by atoms with Gasteiger partial charge in [-0.15, -0.1) is 0 Å². The van der Waals surface area contributed by atoms with Crippen molar-refractivity contribution in [1.82, 2.24) is 0 Å². The number of hydrogen-bond donors (Lipinski definition) is 1. The molecule has 0 amide bonds. The summed E-state index contributed by atoms with van der Waals surface area (Å²) in [6.45, 7) is 8.17. The minimum absolute atomic E-state index is 0.182. The van der Waals surface area contributed by atoms with E-state index in [1.807, 2.05) is 19.9 Å². The van der Waals surface area contributed by atoms with Gasteiger partial charge in [0.05, 0.1) is 5.60 Å². The number of aliphatic hydroxyl groups is 1. The summed E-state index contributed by atoms with van der Waals surface area (Å²) in [4.78, 5) is 12.2. The van der Waals surface area contributed by atoms with Gasteiger partial charge < -0.3 is 5.11 Å². The van der Waals surface area contributed by atoms with Crippen LogP contribution in [0.25, 0.3) is 0 Å². The maximum absolute atomic E-state index is 12.2. The summed E-state index contributed by atoms with van der Waals surface area (Å²) < 4.78 is 0. The summed E-state index contributed by atoms with van der Waals surface area (Å²) in [5.41, 5.74) is 0.794. The lowest BCUT2D eigenvalue weighted by molar-refractivity contribution is -0.207. The second-order valence-corrected chi connectivity index (χ2v) is 7.13. The Morgan fingerprint density at radius 3 is 2.59 bits per heavy atom. The van der Waals surface area contributed by atoms with Crippen LogP contribution in [0.5, 0.6) is 0 Å². The van der Waals surface area contributed by atoms with Gasteiger partial charge in [0, 0.05) is 5.92 Å². The third-order valence-corrected chi connectivity index (χ3v) is 5.72. The van der Waals surface area contributed by atoms with Crippen LogP contribution in [0.2, 0.25) is 0 Å². The highest BCUT2D eigenvalue weighted by Crippen LogP contribution is 2.71. The van der Waals surface area contributed by atoms with Crippen molar-refractivity contribution in [2.45, 2.75) is 46.1 Å². The molecule has 4 aliphatic carbocycles. The zero-order valence-electron chi connectivity index (χ0n) is 11.2. The Morgan fingerprint density at radius 1 is 1.41 bits per heavy atom. The van der Waals surface area contributed by atoms with Gasteiger partial charge in [-0.3, -0.25) is 4.79 Å². The van der Waals surface area contributed by atoms with E-state index in [4.69, 9.17) is 0 Å². The van der Waals surface area contributed by atoms with E-state index in [0.717, 1.165) is 12.8 Å². The zero-order valence-corrected chi connectivity index (χ0v) is 11.2. The topological polar surface area (TPSA) is 37.3 Å². The van der Waals surface area contributed by atoms with Crippen molar-refractivity contribution in [3.8, 4) is 0 Å². The molecule has 0 radical (unpaired) electrons. The van der Waals surface area contributed by atoms with Crippen LogP contribution < -0.4 is 0 Å². The highest BCUT2D eigenvalue weighted by atomic mass is 16.3. The molecule has 5 atom stereocenters. The zero-order chi connectivity index (χ0) is 12.6. The van der Waals surface area contributed by atoms with E-state index in [-0.39, 0.29) is 17.3 Å².